The van der Waals surface area contributed by atoms with Crippen molar-refractivity contribution in [2.75, 3.05) is 6.54 Å². The van der Waals surface area contributed by atoms with Crippen molar-refractivity contribution in [2.45, 2.75) is 46.1 Å². The van der Waals surface area contributed by atoms with Gasteiger partial charge in [-0.3, -0.25) is 0 Å². The molecule has 3 heteroatoms. The largest absolute Gasteiger partial charge is 0.309 e. The van der Waals surface area contributed by atoms with Crippen LogP contribution in [0, 0.1) is 13.8 Å². The van der Waals surface area contributed by atoms with Crippen molar-refractivity contribution in [3.05, 3.63) is 39.9 Å². The van der Waals surface area contributed by atoms with Crippen molar-refractivity contribution in [1.82, 2.24) is 10.3 Å². The molecule has 1 N–H and O–H groups in total. The molecule has 1 aliphatic rings. The number of nitrogens with zero attached hydrogens (tertiary/aromatic N) is 1. The molecule has 20 heavy (non-hydrogen) atoms. The van der Waals surface area contributed by atoms with E-state index in [0.717, 1.165) is 6.54 Å². The maximum absolute atomic E-state index is 4.98. The number of aryl methyl sites for hydroxylation is 3. The molecule has 0 saturated carbocycles. The van der Waals surface area contributed by atoms with Gasteiger partial charge < -0.3 is 5.32 Å². The summed E-state index contributed by atoms with van der Waals surface area (Å²) < 4.78 is 0. The molecule has 0 bridgehead atoms. The summed E-state index contributed by atoms with van der Waals surface area (Å²) in [7, 11) is 0. The van der Waals surface area contributed by atoms with E-state index in [0.29, 0.717) is 6.04 Å². The minimum absolute atomic E-state index is 0.457. The summed E-state index contributed by atoms with van der Waals surface area (Å²) in [6.45, 7) is 7.52. The number of hydrogen-bond donors (Lipinski definition) is 1. The van der Waals surface area contributed by atoms with Gasteiger partial charge in [0.1, 0.15) is 5.01 Å². The van der Waals surface area contributed by atoms with E-state index in [1.165, 1.54) is 51.5 Å². The molecule has 2 aromatic rings. The van der Waals surface area contributed by atoms with Gasteiger partial charge >= 0.3 is 0 Å². The lowest BCUT2D eigenvalue weighted by molar-refractivity contribution is 0.465. The van der Waals surface area contributed by atoms with Crippen molar-refractivity contribution < 1.29 is 0 Å². The zero-order valence-electron chi connectivity index (χ0n) is 12.5. The highest BCUT2D eigenvalue weighted by molar-refractivity contribution is 7.15. The first-order chi connectivity index (χ1) is 9.69. The Bertz CT molecular complexity index is 615. The molecular formula is C17H22N2S. The van der Waals surface area contributed by atoms with E-state index in [1.54, 1.807) is 0 Å². The summed E-state index contributed by atoms with van der Waals surface area (Å²) >= 11 is 1.89. The Kier molecular flexibility index (Phi) is 3.90. The van der Waals surface area contributed by atoms with Crippen LogP contribution in [-0.2, 0) is 6.42 Å². The van der Waals surface area contributed by atoms with Crippen molar-refractivity contribution in [3.63, 3.8) is 0 Å². The van der Waals surface area contributed by atoms with Gasteiger partial charge in [0.15, 0.2) is 0 Å². The van der Waals surface area contributed by atoms with Crippen LogP contribution in [0.25, 0.3) is 10.6 Å². The predicted octanol–water partition coefficient (Wildman–Crippen LogP) is 4.41. The van der Waals surface area contributed by atoms with E-state index in [-0.39, 0.29) is 0 Å². The van der Waals surface area contributed by atoms with Crippen LogP contribution < -0.4 is 5.32 Å². The fraction of sp³-hybridized carbons (Fsp3) is 0.471. The van der Waals surface area contributed by atoms with E-state index in [4.69, 9.17) is 4.98 Å². The molecule has 0 amide bonds. The monoisotopic (exact) mass is 286 g/mol. The number of thiazole rings is 1. The predicted molar refractivity (Wildman–Crippen MR) is 86.4 cm³/mol. The smallest absolute Gasteiger partial charge is 0.124 e. The highest BCUT2D eigenvalue weighted by Gasteiger charge is 2.24. The van der Waals surface area contributed by atoms with Gasteiger partial charge in [-0.15, -0.1) is 11.3 Å². The third kappa shape index (κ3) is 2.52. The second kappa shape index (κ2) is 5.66. The molecular weight excluding hydrogens is 264 g/mol. The third-order valence-corrected chi connectivity index (χ3v) is 5.19. The van der Waals surface area contributed by atoms with E-state index < -0.39 is 0 Å². The van der Waals surface area contributed by atoms with Crippen LogP contribution in [0.2, 0.25) is 0 Å². The fourth-order valence-electron chi connectivity index (χ4n) is 2.94. The first-order valence-electron chi connectivity index (χ1n) is 7.49. The fourth-order valence-corrected chi connectivity index (χ4v) is 4.19. The Morgan fingerprint density at radius 1 is 1.35 bits per heavy atom. The summed E-state index contributed by atoms with van der Waals surface area (Å²) in [6, 6.07) is 7.10. The van der Waals surface area contributed by atoms with E-state index in [9.17, 15) is 0 Å². The Labute approximate surface area is 125 Å². The minimum Gasteiger partial charge on any atom is -0.309 e. The zero-order valence-corrected chi connectivity index (χ0v) is 13.3. The summed E-state index contributed by atoms with van der Waals surface area (Å²) in [5.41, 5.74) is 5.24. The molecule has 1 aliphatic carbocycles. The highest BCUT2D eigenvalue weighted by Crippen LogP contribution is 2.38. The van der Waals surface area contributed by atoms with Crippen molar-refractivity contribution in [2.24, 2.45) is 0 Å². The van der Waals surface area contributed by atoms with Gasteiger partial charge in [0.2, 0.25) is 0 Å². The lowest BCUT2D eigenvalue weighted by atomic mass is 9.97. The van der Waals surface area contributed by atoms with Gasteiger partial charge in [0, 0.05) is 10.4 Å². The van der Waals surface area contributed by atoms with Crippen LogP contribution in [-0.4, -0.2) is 11.5 Å². The lowest BCUT2D eigenvalue weighted by Crippen LogP contribution is -2.24. The molecule has 1 aromatic heterocycles. The minimum atomic E-state index is 0.457. The quantitative estimate of drug-likeness (QED) is 0.903. The SMILES string of the molecule is CCNC1CCCc2sc(-c3cc(C)ccc3C)nc21. The summed E-state index contributed by atoms with van der Waals surface area (Å²) in [5, 5.41) is 4.77. The van der Waals surface area contributed by atoms with E-state index >= 15 is 0 Å². The average molecular weight is 286 g/mol. The van der Waals surface area contributed by atoms with Crippen LogP contribution in [0.1, 0.15) is 47.5 Å². The molecule has 1 atom stereocenters. The molecule has 1 unspecified atom stereocenters. The van der Waals surface area contributed by atoms with Crippen molar-refractivity contribution in [1.29, 1.82) is 0 Å². The number of nitrogens with one attached hydrogen (secondary N) is 1. The van der Waals surface area contributed by atoms with Crippen LogP contribution in [0.3, 0.4) is 0 Å². The van der Waals surface area contributed by atoms with Gasteiger partial charge in [0.25, 0.3) is 0 Å². The maximum atomic E-state index is 4.98. The first-order valence-corrected chi connectivity index (χ1v) is 8.31. The molecule has 2 nitrogen and oxygen atoms in total. The van der Waals surface area contributed by atoms with Crippen molar-refractivity contribution in [3.8, 4) is 10.6 Å². The molecule has 3 rings (SSSR count). The topological polar surface area (TPSA) is 24.9 Å². The van der Waals surface area contributed by atoms with Gasteiger partial charge in [-0.05, 0) is 51.3 Å². The molecule has 106 valence electrons. The molecule has 0 saturated heterocycles. The summed E-state index contributed by atoms with van der Waals surface area (Å²) in [6.07, 6.45) is 3.69. The maximum Gasteiger partial charge on any atom is 0.124 e. The van der Waals surface area contributed by atoms with Crippen molar-refractivity contribution >= 4 is 11.3 Å². The molecule has 0 spiro atoms. The van der Waals surface area contributed by atoms with E-state index in [2.05, 4.69) is 44.3 Å². The van der Waals surface area contributed by atoms with Gasteiger partial charge in [0.05, 0.1) is 11.7 Å². The second-order valence-corrected chi connectivity index (χ2v) is 6.73. The van der Waals surface area contributed by atoms with Crippen LogP contribution in [0.4, 0.5) is 0 Å². The number of fused-ring (bicyclic) bond motifs is 1. The molecule has 0 fully saturated rings. The van der Waals surface area contributed by atoms with E-state index in [1.807, 2.05) is 11.3 Å². The molecule has 1 heterocycles. The Morgan fingerprint density at radius 3 is 3.00 bits per heavy atom. The molecule has 1 aromatic carbocycles. The van der Waals surface area contributed by atoms with Crippen LogP contribution >= 0.6 is 11.3 Å². The Morgan fingerprint density at radius 2 is 2.20 bits per heavy atom. The third-order valence-electron chi connectivity index (χ3n) is 4.03. The van der Waals surface area contributed by atoms with Gasteiger partial charge in [-0.1, -0.05) is 24.6 Å². The normalized spacial score (nSPS) is 18.1. The van der Waals surface area contributed by atoms with Crippen LogP contribution in [0.15, 0.2) is 18.2 Å². The highest BCUT2D eigenvalue weighted by atomic mass is 32.1. The average Bonchev–Trinajstić information content (AvgIpc) is 2.87. The molecule has 0 aliphatic heterocycles. The Balaban J connectivity index is 2.02. The molecule has 0 radical (unpaired) electrons. The summed E-state index contributed by atoms with van der Waals surface area (Å²) in [5.74, 6) is 0. The summed E-state index contributed by atoms with van der Waals surface area (Å²) in [4.78, 5) is 6.46. The van der Waals surface area contributed by atoms with Gasteiger partial charge in [-0.2, -0.15) is 0 Å². The number of hydrogen-bond acceptors (Lipinski definition) is 3. The standard InChI is InChI=1S/C17H22N2S/c1-4-18-14-6-5-7-15-16(14)19-17(20-15)13-10-11(2)8-9-12(13)3/h8-10,14,18H,4-7H2,1-3H3. The number of benzene rings is 1. The number of aromatic nitrogens is 1. The Hall–Kier alpha value is -1.19. The van der Waals surface area contributed by atoms with Gasteiger partial charge in [-0.25, -0.2) is 4.98 Å². The van der Waals surface area contributed by atoms with Crippen LogP contribution in [0.5, 0.6) is 0 Å². The first kappa shape index (κ1) is 13.8. The number of rotatable bonds is 3. The second-order valence-electron chi connectivity index (χ2n) is 5.65. The zero-order chi connectivity index (χ0) is 14.1. The lowest BCUT2D eigenvalue weighted by Gasteiger charge is -2.21.